The van der Waals surface area contributed by atoms with Crippen LogP contribution >= 0.6 is 0 Å². The molecule has 0 saturated heterocycles. The monoisotopic (exact) mass is 277 g/mol. The zero-order valence-corrected chi connectivity index (χ0v) is 9.79. The molecule has 0 bridgehead atoms. The van der Waals surface area contributed by atoms with Gasteiger partial charge in [0.15, 0.2) is 0 Å². The molecule has 0 aliphatic rings. The number of nitrogens with one attached hydrogen (secondary N) is 1. The third-order valence-corrected chi connectivity index (χ3v) is 3.30. The molecule has 98 valence electrons. The summed E-state index contributed by atoms with van der Waals surface area (Å²) in [6.45, 7) is -2.67. The highest BCUT2D eigenvalue weighted by atomic mass is 32.2. The highest BCUT2D eigenvalue weighted by molar-refractivity contribution is 7.89. The van der Waals surface area contributed by atoms with Crippen LogP contribution < -0.4 is 4.72 Å². The van der Waals surface area contributed by atoms with E-state index in [-0.39, 0.29) is 10.6 Å². The predicted octanol–water partition coefficient (Wildman–Crippen LogP) is -0.141. The van der Waals surface area contributed by atoms with Crippen LogP contribution in [-0.2, 0) is 10.0 Å². The van der Waals surface area contributed by atoms with E-state index < -0.39 is 29.1 Å². The fraction of sp³-hybridized carbons (Fsp3) is 0.333. The number of nitrogens with zero attached hydrogens (tertiary/aromatic N) is 2. The SMILES string of the molecule is N#Cc1ccc(S(=O)(=O)NCC(F)(F)CO)cn1. The average molecular weight is 277 g/mol. The lowest BCUT2D eigenvalue weighted by Gasteiger charge is -2.13. The molecule has 0 aliphatic carbocycles. The molecule has 0 saturated carbocycles. The van der Waals surface area contributed by atoms with E-state index in [9.17, 15) is 17.2 Å². The van der Waals surface area contributed by atoms with Crippen LogP contribution in [0.3, 0.4) is 0 Å². The molecule has 2 N–H and O–H groups in total. The number of pyridine rings is 1. The predicted molar refractivity (Wildman–Crippen MR) is 56.2 cm³/mol. The van der Waals surface area contributed by atoms with Crippen molar-refractivity contribution in [1.82, 2.24) is 9.71 Å². The van der Waals surface area contributed by atoms with Gasteiger partial charge in [-0.3, -0.25) is 0 Å². The first-order valence-electron chi connectivity index (χ1n) is 4.65. The van der Waals surface area contributed by atoms with Crippen LogP contribution in [0.5, 0.6) is 0 Å². The lowest BCUT2D eigenvalue weighted by atomic mass is 10.4. The van der Waals surface area contributed by atoms with E-state index in [0.717, 1.165) is 18.3 Å². The van der Waals surface area contributed by atoms with Gasteiger partial charge >= 0.3 is 0 Å². The van der Waals surface area contributed by atoms with Crippen molar-refractivity contribution < 1.29 is 22.3 Å². The molecule has 0 spiro atoms. The van der Waals surface area contributed by atoms with Crippen LogP contribution in [0.1, 0.15) is 5.69 Å². The fourth-order valence-electron chi connectivity index (χ4n) is 0.945. The summed E-state index contributed by atoms with van der Waals surface area (Å²) in [5.74, 6) is -3.53. The Kier molecular flexibility index (Phi) is 4.28. The number of alkyl halides is 2. The van der Waals surface area contributed by atoms with Crippen LogP contribution in [0.4, 0.5) is 8.78 Å². The molecule has 9 heteroatoms. The standard InChI is InChI=1S/C9H9F2N3O3S/c10-9(11,6-15)5-14-18(16,17)8-2-1-7(3-12)13-4-8/h1-2,4,14-15H,5-6H2. The Morgan fingerprint density at radius 1 is 1.50 bits per heavy atom. The number of aromatic nitrogens is 1. The van der Waals surface area contributed by atoms with Gasteiger partial charge in [0.25, 0.3) is 5.92 Å². The summed E-state index contributed by atoms with van der Waals surface area (Å²) in [4.78, 5) is 3.17. The van der Waals surface area contributed by atoms with E-state index in [1.165, 1.54) is 0 Å². The molecule has 0 aromatic carbocycles. The van der Waals surface area contributed by atoms with Crippen molar-refractivity contribution in [3.05, 3.63) is 24.0 Å². The van der Waals surface area contributed by atoms with Crippen LogP contribution in [-0.4, -0.2) is 37.6 Å². The van der Waals surface area contributed by atoms with Gasteiger partial charge in [-0.25, -0.2) is 26.9 Å². The molecular weight excluding hydrogens is 268 g/mol. The number of aliphatic hydroxyl groups is 1. The Morgan fingerprint density at radius 2 is 2.17 bits per heavy atom. The Bertz CT molecular complexity index is 551. The first-order chi connectivity index (χ1) is 8.30. The second kappa shape index (κ2) is 5.34. The van der Waals surface area contributed by atoms with Gasteiger partial charge in [-0.1, -0.05) is 0 Å². The van der Waals surface area contributed by atoms with Crippen LogP contribution in [0, 0.1) is 11.3 Å². The first kappa shape index (κ1) is 14.4. The third-order valence-electron chi connectivity index (χ3n) is 1.91. The maximum absolute atomic E-state index is 12.7. The van der Waals surface area contributed by atoms with Crippen LogP contribution in [0.2, 0.25) is 0 Å². The molecule has 0 amide bonds. The second-order valence-electron chi connectivity index (χ2n) is 3.33. The van der Waals surface area contributed by atoms with Gasteiger partial charge in [0.2, 0.25) is 10.0 Å². The van der Waals surface area contributed by atoms with Gasteiger partial charge in [-0.15, -0.1) is 0 Å². The van der Waals surface area contributed by atoms with Gasteiger partial charge in [0.05, 0.1) is 6.54 Å². The highest BCUT2D eigenvalue weighted by Crippen LogP contribution is 2.13. The molecule has 6 nitrogen and oxygen atoms in total. The number of hydrogen-bond acceptors (Lipinski definition) is 5. The van der Waals surface area contributed by atoms with Crippen molar-refractivity contribution in [3.8, 4) is 6.07 Å². The van der Waals surface area contributed by atoms with Crippen LogP contribution in [0.25, 0.3) is 0 Å². The molecule has 1 aromatic rings. The molecule has 0 radical (unpaired) electrons. The van der Waals surface area contributed by atoms with Crippen molar-refractivity contribution >= 4 is 10.0 Å². The molecule has 18 heavy (non-hydrogen) atoms. The van der Waals surface area contributed by atoms with Crippen molar-refractivity contribution in [3.63, 3.8) is 0 Å². The number of rotatable bonds is 5. The third kappa shape index (κ3) is 3.69. The maximum atomic E-state index is 12.7. The molecule has 1 aromatic heterocycles. The summed E-state index contributed by atoms with van der Waals surface area (Å²) >= 11 is 0. The first-order valence-corrected chi connectivity index (χ1v) is 6.13. The maximum Gasteiger partial charge on any atom is 0.283 e. The summed E-state index contributed by atoms with van der Waals surface area (Å²) in [5, 5.41) is 16.8. The Labute approximate surface area is 102 Å². The Hall–Kier alpha value is -1.63. The summed E-state index contributed by atoms with van der Waals surface area (Å²) in [5.41, 5.74) is 0.00892. The normalized spacial score (nSPS) is 12.1. The van der Waals surface area contributed by atoms with Gasteiger partial charge in [0, 0.05) is 6.20 Å². The van der Waals surface area contributed by atoms with Gasteiger partial charge < -0.3 is 5.11 Å². The summed E-state index contributed by atoms with van der Waals surface area (Å²) in [6, 6.07) is 3.92. The quantitative estimate of drug-likeness (QED) is 0.779. The molecular formula is C9H9F2N3O3S. The smallest absolute Gasteiger partial charge is 0.283 e. The molecule has 0 aliphatic heterocycles. The summed E-state index contributed by atoms with van der Waals surface area (Å²) in [6.07, 6.45) is 0.887. The second-order valence-corrected chi connectivity index (χ2v) is 5.10. The molecule has 0 unspecified atom stereocenters. The lowest BCUT2D eigenvalue weighted by molar-refractivity contribution is -0.0437. The molecule has 1 rings (SSSR count). The van der Waals surface area contributed by atoms with Crippen molar-refractivity contribution in [2.24, 2.45) is 0 Å². The van der Waals surface area contributed by atoms with Crippen molar-refractivity contribution in [1.29, 1.82) is 5.26 Å². The van der Waals surface area contributed by atoms with E-state index in [1.807, 2.05) is 0 Å². The topological polar surface area (TPSA) is 103 Å². The number of hydrogen-bond donors (Lipinski definition) is 2. The van der Waals surface area contributed by atoms with E-state index >= 15 is 0 Å². The highest BCUT2D eigenvalue weighted by Gasteiger charge is 2.30. The zero-order chi connectivity index (χ0) is 13.8. The number of nitriles is 1. The fourth-order valence-corrected chi connectivity index (χ4v) is 1.95. The van der Waals surface area contributed by atoms with Gasteiger partial charge in [-0.2, -0.15) is 5.26 Å². The zero-order valence-electron chi connectivity index (χ0n) is 8.97. The minimum absolute atomic E-state index is 0.00892. The Morgan fingerprint density at radius 3 is 2.61 bits per heavy atom. The van der Waals surface area contributed by atoms with E-state index in [4.69, 9.17) is 10.4 Å². The summed E-state index contributed by atoms with van der Waals surface area (Å²) in [7, 11) is -4.14. The molecule has 1 heterocycles. The lowest BCUT2D eigenvalue weighted by Crippen LogP contribution is -2.38. The van der Waals surface area contributed by atoms with Gasteiger partial charge in [-0.05, 0) is 12.1 Å². The number of sulfonamides is 1. The summed E-state index contributed by atoms with van der Waals surface area (Å²) < 4.78 is 50.1. The van der Waals surface area contributed by atoms with Gasteiger partial charge in [0.1, 0.15) is 23.3 Å². The van der Waals surface area contributed by atoms with Crippen molar-refractivity contribution in [2.75, 3.05) is 13.2 Å². The van der Waals surface area contributed by atoms with E-state index in [1.54, 1.807) is 10.8 Å². The minimum Gasteiger partial charge on any atom is -0.390 e. The number of halogens is 2. The molecule has 0 fully saturated rings. The van der Waals surface area contributed by atoms with Crippen molar-refractivity contribution in [2.45, 2.75) is 10.8 Å². The number of aliphatic hydroxyl groups excluding tert-OH is 1. The minimum atomic E-state index is -4.14. The Balaban J connectivity index is 2.84. The average Bonchev–Trinajstić information content (AvgIpc) is 2.37. The molecule has 0 atom stereocenters. The van der Waals surface area contributed by atoms with Crippen LogP contribution in [0.15, 0.2) is 23.2 Å². The van der Waals surface area contributed by atoms with E-state index in [0.29, 0.717) is 0 Å². The largest absolute Gasteiger partial charge is 0.390 e. The van der Waals surface area contributed by atoms with E-state index in [2.05, 4.69) is 4.98 Å².